The van der Waals surface area contributed by atoms with Crippen LogP contribution in [0.4, 0.5) is 0 Å². The van der Waals surface area contributed by atoms with Crippen molar-refractivity contribution in [1.82, 2.24) is 10.0 Å². The van der Waals surface area contributed by atoms with Crippen LogP contribution in [0.1, 0.15) is 25.7 Å². The van der Waals surface area contributed by atoms with Crippen molar-refractivity contribution in [1.29, 1.82) is 0 Å². The van der Waals surface area contributed by atoms with Crippen molar-refractivity contribution in [3.8, 4) is 0 Å². The van der Waals surface area contributed by atoms with E-state index in [2.05, 4.69) is 15.0 Å². The molecule has 2 rings (SSSR count). The highest BCUT2D eigenvalue weighted by Crippen LogP contribution is 2.17. The van der Waals surface area contributed by atoms with Gasteiger partial charge in [-0.05, 0) is 24.3 Å². The molecule has 1 aromatic rings. The minimum Gasteiger partial charge on any atom is -0.370 e. The van der Waals surface area contributed by atoms with Gasteiger partial charge in [-0.3, -0.25) is 4.99 Å². The molecule has 1 aliphatic rings. The molecule has 0 spiro atoms. The molecule has 8 heteroatoms. The fourth-order valence-electron chi connectivity index (χ4n) is 2.17. The van der Waals surface area contributed by atoms with E-state index in [1.807, 2.05) is 0 Å². The molecule has 0 atom stereocenters. The van der Waals surface area contributed by atoms with Crippen LogP contribution in [0.5, 0.6) is 0 Å². The first-order valence-corrected chi connectivity index (χ1v) is 9.04. The predicted octanol–water partition coefficient (Wildman–Crippen LogP) is 0.873. The van der Waals surface area contributed by atoms with Gasteiger partial charge in [0.25, 0.3) is 0 Å². The highest BCUT2D eigenvalue weighted by molar-refractivity contribution is 7.91. The molecule has 20 heavy (non-hydrogen) atoms. The second kappa shape index (κ2) is 7.05. The molecule has 0 saturated heterocycles. The maximum atomic E-state index is 11.8. The highest BCUT2D eigenvalue weighted by Gasteiger charge is 2.15. The Kier molecular flexibility index (Phi) is 5.38. The Morgan fingerprint density at radius 3 is 2.85 bits per heavy atom. The number of thiophene rings is 1. The van der Waals surface area contributed by atoms with Crippen LogP contribution in [0, 0.1) is 0 Å². The molecule has 1 aromatic heterocycles. The van der Waals surface area contributed by atoms with Crippen LogP contribution < -0.4 is 15.8 Å². The van der Waals surface area contributed by atoms with E-state index in [0.717, 1.165) is 12.8 Å². The average Bonchev–Trinajstić information content (AvgIpc) is 3.07. The largest absolute Gasteiger partial charge is 0.370 e. The Bertz CT molecular complexity index is 534. The minimum atomic E-state index is -3.40. The summed E-state index contributed by atoms with van der Waals surface area (Å²) in [5.74, 6) is 0.396. The number of rotatable bonds is 6. The van der Waals surface area contributed by atoms with Gasteiger partial charge in [0, 0.05) is 12.6 Å². The van der Waals surface area contributed by atoms with Gasteiger partial charge in [-0.15, -0.1) is 11.3 Å². The zero-order valence-electron chi connectivity index (χ0n) is 11.2. The summed E-state index contributed by atoms with van der Waals surface area (Å²) in [5, 5.41) is 4.89. The quantitative estimate of drug-likeness (QED) is 0.412. The van der Waals surface area contributed by atoms with Gasteiger partial charge in [0.15, 0.2) is 5.96 Å². The van der Waals surface area contributed by atoms with Crippen LogP contribution >= 0.6 is 11.3 Å². The smallest absolute Gasteiger partial charge is 0.250 e. The second-order valence-electron chi connectivity index (χ2n) is 4.72. The van der Waals surface area contributed by atoms with Gasteiger partial charge in [-0.2, -0.15) is 0 Å². The molecule has 0 aliphatic heterocycles. The lowest BCUT2D eigenvalue weighted by molar-refractivity contribution is 0.584. The molecule has 0 bridgehead atoms. The van der Waals surface area contributed by atoms with E-state index in [9.17, 15) is 8.42 Å². The third-order valence-electron chi connectivity index (χ3n) is 3.15. The monoisotopic (exact) mass is 316 g/mol. The maximum absolute atomic E-state index is 11.8. The number of nitrogens with one attached hydrogen (secondary N) is 2. The van der Waals surface area contributed by atoms with Crippen LogP contribution in [-0.4, -0.2) is 33.5 Å². The summed E-state index contributed by atoms with van der Waals surface area (Å²) in [6, 6.07) is 3.70. The van der Waals surface area contributed by atoms with Crippen LogP contribution in [-0.2, 0) is 10.0 Å². The topological polar surface area (TPSA) is 96.6 Å². The third-order valence-corrected chi connectivity index (χ3v) is 6.01. The molecule has 1 saturated carbocycles. The zero-order valence-corrected chi connectivity index (χ0v) is 12.8. The fraction of sp³-hybridized carbons (Fsp3) is 0.583. The molecule has 0 radical (unpaired) electrons. The van der Waals surface area contributed by atoms with Crippen LogP contribution in [0.15, 0.2) is 26.7 Å². The van der Waals surface area contributed by atoms with E-state index in [1.54, 1.807) is 17.5 Å². The molecular formula is C12H20N4O2S2. The van der Waals surface area contributed by atoms with Crippen molar-refractivity contribution in [2.45, 2.75) is 35.9 Å². The van der Waals surface area contributed by atoms with E-state index in [0.29, 0.717) is 22.8 Å². The molecule has 6 nitrogen and oxygen atoms in total. The van der Waals surface area contributed by atoms with Crippen molar-refractivity contribution in [3.05, 3.63) is 17.5 Å². The molecule has 0 unspecified atom stereocenters. The lowest BCUT2D eigenvalue weighted by Gasteiger charge is -2.12. The van der Waals surface area contributed by atoms with Crippen LogP contribution in [0.25, 0.3) is 0 Å². The molecule has 0 aromatic carbocycles. The summed E-state index contributed by atoms with van der Waals surface area (Å²) in [4.78, 5) is 4.13. The number of aliphatic imine (C=N–C) groups is 1. The lowest BCUT2D eigenvalue weighted by Crippen LogP contribution is -2.39. The number of guanidine groups is 1. The molecule has 112 valence electrons. The van der Waals surface area contributed by atoms with Crippen molar-refractivity contribution in [2.75, 3.05) is 13.1 Å². The van der Waals surface area contributed by atoms with Gasteiger partial charge in [-0.25, -0.2) is 13.1 Å². The number of hydrogen-bond donors (Lipinski definition) is 3. The van der Waals surface area contributed by atoms with Gasteiger partial charge in [0.1, 0.15) is 4.21 Å². The SMILES string of the molecule is NC(=NCCNS(=O)(=O)c1cccs1)NC1CCCC1. The number of sulfonamides is 1. The van der Waals surface area contributed by atoms with E-state index in [-0.39, 0.29) is 6.54 Å². The number of nitrogens with two attached hydrogens (primary N) is 1. The molecule has 1 heterocycles. The van der Waals surface area contributed by atoms with Gasteiger partial charge >= 0.3 is 0 Å². The first-order valence-electron chi connectivity index (χ1n) is 6.67. The minimum absolute atomic E-state index is 0.243. The van der Waals surface area contributed by atoms with Crippen LogP contribution in [0.2, 0.25) is 0 Å². The first-order chi connectivity index (χ1) is 9.58. The molecule has 0 amide bonds. The Balaban J connectivity index is 1.72. The molecule has 1 fully saturated rings. The zero-order chi connectivity index (χ0) is 14.4. The van der Waals surface area contributed by atoms with E-state index < -0.39 is 10.0 Å². The summed E-state index contributed by atoms with van der Waals surface area (Å²) >= 11 is 1.19. The van der Waals surface area contributed by atoms with Gasteiger partial charge in [-0.1, -0.05) is 18.9 Å². The second-order valence-corrected chi connectivity index (χ2v) is 7.66. The maximum Gasteiger partial charge on any atom is 0.250 e. The Morgan fingerprint density at radius 1 is 1.45 bits per heavy atom. The predicted molar refractivity (Wildman–Crippen MR) is 81.4 cm³/mol. The molecule has 4 N–H and O–H groups in total. The average molecular weight is 316 g/mol. The first kappa shape index (κ1) is 15.3. The van der Waals surface area contributed by atoms with Gasteiger partial charge in [0.2, 0.25) is 10.0 Å². The Morgan fingerprint density at radius 2 is 2.20 bits per heavy atom. The fourth-order valence-corrected chi connectivity index (χ4v) is 4.23. The molecular weight excluding hydrogens is 296 g/mol. The highest BCUT2D eigenvalue weighted by atomic mass is 32.2. The van der Waals surface area contributed by atoms with Crippen LogP contribution in [0.3, 0.4) is 0 Å². The molecule has 1 aliphatic carbocycles. The standard InChI is InChI=1S/C12H20N4O2S2/c13-12(16-10-4-1-2-5-10)14-7-8-15-20(17,18)11-6-3-9-19-11/h3,6,9-10,15H,1-2,4-5,7-8H2,(H3,13,14,16). The summed E-state index contributed by atoms with van der Waals surface area (Å²) < 4.78 is 26.5. The summed E-state index contributed by atoms with van der Waals surface area (Å²) in [6.07, 6.45) is 4.71. The third kappa shape index (κ3) is 4.46. The van der Waals surface area contributed by atoms with Gasteiger partial charge in [0.05, 0.1) is 6.54 Å². The van der Waals surface area contributed by atoms with E-state index in [1.165, 1.54) is 24.2 Å². The summed E-state index contributed by atoms with van der Waals surface area (Å²) in [6.45, 7) is 0.573. The summed E-state index contributed by atoms with van der Waals surface area (Å²) in [5.41, 5.74) is 5.76. The van der Waals surface area contributed by atoms with Crippen molar-refractivity contribution in [3.63, 3.8) is 0 Å². The summed E-state index contributed by atoms with van der Waals surface area (Å²) in [7, 11) is -3.40. The normalized spacial score (nSPS) is 17.5. The number of nitrogens with zero attached hydrogens (tertiary/aromatic N) is 1. The Hall–Kier alpha value is -1.12. The lowest BCUT2D eigenvalue weighted by atomic mass is 10.2. The van der Waals surface area contributed by atoms with E-state index >= 15 is 0 Å². The van der Waals surface area contributed by atoms with Crippen molar-refractivity contribution in [2.24, 2.45) is 10.7 Å². The Labute approximate surface area is 123 Å². The number of hydrogen-bond acceptors (Lipinski definition) is 4. The van der Waals surface area contributed by atoms with Crippen molar-refractivity contribution < 1.29 is 8.42 Å². The van der Waals surface area contributed by atoms with E-state index in [4.69, 9.17) is 5.73 Å². The van der Waals surface area contributed by atoms with Gasteiger partial charge < -0.3 is 11.1 Å². The van der Waals surface area contributed by atoms with Crippen molar-refractivity contribution >= 4 is 27.3 Å².